The van der Waals surface area contributed by atoms with Crippen LogP contribution in [0.25, 0.3) is 0 Å². The van der Waals surface area contributed by atoms with Gasteiger partial charge >= 0.3 is 0 Å². The number of halogens is 1. The average molecular weight is 437 g/mol. The van der Waals surface area contributed by atoms with Gasteiger partial charge in [0, 0.05) is 13.1 Å². The predicted octanol–water partition coefficient (Wildman–Crippen LogP) is 2.93. The summed E-state index contributed by atoms with van der Waals surface area (Å²) < 4.78 is 54.7. The summed E-state index contributed by atoms with van der Waals surface area (Å²) in [5.41, 5.74) is 0.315. The van der Waals surface area contributed by atoms with Crippen molar-refractivity contribution in [2.75, 3.05) is 34.4 Å². The molecule has 3 rings (SSSR count). The minimum atomic E-state index is -3.59. The van der Waals surface area contributed by atoms with Crippen LogP contribution in [0.3, 0.4) is 0 Å². The van der Waals surface area contributed by atoms with Crippen molar-refractivity contribution in [3.8, 4) is 17.2 Å². The predicted molar refractivity (Wildman–Crippen MR) is 109 cm³/mol. The molecule has 0 saturated carbocycles. The standard InChI is InChI=1S/C21H24FNO6S/c1-27-18-9-8-17(19(28-2)20(18)29-3)21(24)23-12-10-16(11-13-23)30(25,26)15-6-4-14(22)5-7-15/h4-9,16H,10-13H2,1-3H3. The molecule has 1 amide bonds. The van der Waals surface area contributed by atoms with Crippen LogP contribution in [-0.4, -0.2) is 58.9 Å². The molecule has 2 aromatic rings. The van der Waals surface area contributed by atoms with Crippen LogP contribution in [0.15, 0.2) is 41.3 Å². The molecule has 1 saturated heterocycles. The molecule has 1 aliphatic rings. The highest BCUT2D eigenvalue weighted by Crippen LogP contribution is 2.40. The lowest BCUT2D eigenvalue weighted by atomic mass is 10.1. The van der Waals surface area contributed by atoms with Gasteiger partial charge in [0.2, 0.25) is 5.75 Å². The monoisotopic (exact) mass is 437 g/mol. The smallest absolute Gasteiger partial charge is 0.257 e. The Bertz CT molecular complexity index is 1010. The fourth-order valence-electron chi connectivity index (χ4n) is 3.63. The van der Waals surface area contributed by atoms with E-state index in [4.69, 9.17) is 14.2 Å². The molecule has 162 valence electrons. The van der Waals surface area contributed by atoms with Crippen LogP contribution in [0.5, 0.6) is 17.2 Å². The molecular weight excluding hydrogens is 413 g/mol. The third kappa shape index (κ3) is 4.07. The molecule has 0 radical (unpaired) electrons. The van der Waals surface area contributed by atoms with Gasteiger partial charge in [-0.2, -0.15) is 0 Å². The summed E-state index contributed by atoms with van der Waals surface area (Å²) in [5.74, 6) is 0.265. The number of methoxy groups -OCH3 is 3. The molecule has 0 spiro atoms. The topological polar surface area (TPSA) is 82.1 Å². The summed E-state index contributed by atoms with van der Waals surface area (Å²) >= 11 is 0. The first-order valence-corrected chi connectivity index (χ1v) is 11.0. The fraction of sp³-hybridized carbons (Fsp3) is 0.381. The average Bonchev–Trinajstić information content (AvgIpc) is 2.77. The molecule has 1 heterocycles. The van der Waals surface area contributed by atoms with Crippen molar-refractivity contribution in [2.45, 2.75) is 23.0 Å². The number of hydrogen-bond donors (Lipinski definition) is 0. The van der Waals surface area contributed by atoms with Crippen molar-refractivity contribution in [1.29, 1.82) is 0 Å². The molecule has 7 nitrogen and oxygen atoms in total. The number of hydrogen-bond acceptors (Lipinski definition) is 6. The number of sulfone groups is 1. The molecule has 1 aliphatic heterocycles. The van der Waals surface area contributed by atoms with E-state index in [2.05, 4.69) is 0 Å². The number of piperidine rings is 1. The van der Waals surface area contributed by atoms with Crippen molar-refractivity contribution in [1.82, 2.24) is 4.90 Å². The first-order chi connectivity index (χ1) is 14.3. The van der Waals surface area contributed by atoms with E-state index in [0.717, 1.165) is 12.1 Å². The summed E-state index contributed by atoms with van der Waals surface area (Å²) in [6, 6.07) is 8.04. The van der Waals surface area contributed by atoms with Crippen LogP contribution in [-0.2, 0) is 9.84 Å². The first kappa shape index (κ1) is 21.9. The van der Waals surface area contributed by atoms with Gasteiger partial charge in [0.15, 0.2) is 21.3 Å². The number of nitrogens with zero attached hydrogens (tertiary/aromatic N) is 1. The van der Waals surface area contributed by atoms with E-state index in [-0.39, 0.29) is 29.6 Å². The first-order valence-electron chi connectivity index (χ1n) is 9.41. The lowest BCUT2D eigenvalue weighted by Crippen LogP contribution is -2.42. The molecule has 0 aromatic heterocycles. The lowest BCUT2D eigenvalue weighted by molar-refractivity contribution is 0.0721. The summed E-state index contributed by atoms with van der Waals surface area (Å²) in [6.07, 6.45) is 0.585. The molecule has 0 unspecified atom stereocenters. The molecule has 30 heavy (non-hydrogen) atoms. The Balaban J connectivity index is 1.77. The molecule has 1 fully saturated rings. The van der Waals surface area contributed by atoms with Gasteiger partial charge in [-0.3, -0.25) is 4.79 Å². The summed E-state index contributed by atoms with van der Waals surface area (Å²) in [5, 5.41) is -0.626. The Morgan fingerprint density at radius 2 is 1.53 bits per heavy atom. The Labute approximate surface area is 175 Å². The maximum absolute atomic E-state index is 13.1. The molecular formula is C21H24FNO6S. The van der Waals surface area contributed by atoms with Gasteiger partial charge in [-0.15, -0.1) is 0 Å². The SMILES string of the molecule is COc1ccc(C(=O)N2CCC(S(=O)(=O)c3ccc(F)cc3)CC2)c(OC)c1OC. The highest BCUT2D eigenvalue weighted by atomic mass is 32.2. The van der Waals surface area contributed by atoms with Crippen molar-refractivity contribution in [2.24, 2.45) is 0 Å². The third-order valence-corrected chi connectivity index (χ3v) is 7.52. The Morgan fingerprint density at radius 1 is 0.933 bits per heavy atom. The summed E-state index contributed by atoms with van der Waals surface area (Å²) in [4.78, 5) is 14.8. The molecule has 0 atom stereocenters. The number of carbonyl (C=O) groups is 1. The third-order valence-electron chi connectivity index (χ3n) is 5.24. The lowest BCUT2D eigenvalue weighted by Gasteiger charge is -2.32. The Hall–Kier alpha value is -2.81. The van der Waals surface area contributed by atoms with E-state index in [0.29, 0.717) is 29.9 Å². The van der Waals surface area contributed by atoms with Crippen LogP contribution in [0, 0.1) is 5.82 Å². The summed E-state index contributed by atoms with van der Waals surface area (Å²) in [7, 11) is 0.799. The second-order valence-electron chi connectivity index (χ2n) is 6.87. The highest BCUT2D eigenvalue weighted by Gasteiger charge is 2.34. The minimum Gasteiger partial charge on any atom is -0.493 e. The van der Waals surface area contributed by atoms with Gasteiger partial charge in [-0.1, -0.05) is 0 Å². The van der Waals surface area contributed by atoms with E-state index in [9.17, 15) is 17.6 Å². The van der Waals surface area contributed by atoms with E-state index >= 15 is 0 Å². The van der Waals surface area contributed by atoms with Crippen LogP contribution in [0.4, 0.5) is 4.39 Å². The van der Waals surface area contributed by atoms with Crippen molar-refractivity contribution >= 4 is 15.7 Å². The normalized spacial score (nSPS) is 15.0. The Kier molecular flexibility index (Phi) is 6.50. The van der Waals surface area contributed by atoms with Crippen molar-refractivity contribution in [3.63, 3.8) is 0 Å². The Morgan fingerprint density at radius 3 is 2.07 bits per heavy atom. The number of likely N-dealkylation sites (tertiary alicyclic amines) is 1. The zero-order chi connectivity index (χ0) is 21.9. The van der Waals surface area contributed by atoms with Gasteiger partial charge in [-0.25, -0.2) is 12.8 Å². The van der Waals surface area contributed by atoms with Crippen molar-refractivity contribution in [3.05, 3.63) is 47.8 Å². The van der Waals surface area contributed by atoms with Crippen LogP contribution < -0.4 is 14.2 Å². The fourth-order valence-corrected chi connectivity index (χ4v) is 5.36. The van der Waals surface area contributed by atoms with Gasteiger partial charge in [0.05, 0.1) is 37.0 Å². The van der Waals surface area contributed by atoms with Gasteiger partial charge in [0.1, 0.15) is 5.82 Å². The molecule has 2 aromatic carbocycles. The van der Waals surface area contributed by atoms with Gasteiger partial charge in [-0.05, 0) is 49.2 Å². The molecule has 0 bridgehead atoms. The number of amides is 1. The van der Waals surface area contributed by atoms with Crippen molar-refractivity contribution < 1.29 is 31.8 Å². The van der Waals surface area contributed by atoms with Crippen LogP contribution in [0.2, 0.25) is 0 Å². The number of benzene rings is 2. The molecule has 0 N–H and O–H groups in total. The quantitative estimate of drug-likeness (QED) is 0.647. The highest BCUT2D eigenvalue weighted by molar-refractivity contribution is 7.92. The maximum atomic E-state index is 13.1. The zero-order valence-electron chi connectivity index (χ0n) is 17.1. The number of ether oxygens (including phenoxy) is 3. The van der Waals surface area contributed by atoms with Crippen LogP contribution in [0.1, 0.15) is 23.2 Å². The summed E-state index contributed by atoms with van der Waals surface area (Å²) in [6.45, 7) is 0.558. The zero-order valence-corrected chi connectivity index (χ0v) is 17.9. The van der Waals surface area contributed by atoms with E-state index < -0.39 is 20.9 Å². The van der Waals surface area contributed by atoms with E-state index in [1.54, 1.807) is 17.0 Å². The molecule has 9 heteroatoms. The molecule has 0 aliphatic carbocycles. The second-order valence-corrected chi connectivity index (χ2v) is 9.10. The number of carbonyl (C=O) groups excluding carboxylic acids is 1. The van der Waals surface area contributed by atoms with Gasteiger partial charge < -0.3 is 19.1 Å². The maximum Gasteiger partial charge on any atom is 0.257 e. The largest absolute Gasteiger partial charge is 0.493 e. The van der Waals surface area contributed by atoms with E-state index in [1.807, 2.05) is 0 Å². The van der Waals surface area contributed by atoms with E-state index in [1.165, 1.54) is 33.5 Å². The second kappa shape index (κ2) is 8.91. The van der Waals surface area contributed by atoms with Crippen LogP contribution >= 0.6 is 0 Å². The number of rotatable bonds is 6. The van der Waals surface area contributed by atoms with Gasteiger partial charge in [0.25, 0.3) is 5.91 Å². The minimum absolute atomic E-state index is 0.0928.